The van der Waals surface area contributed by atoms with Crippen molar-refractivity contribution in [1.29, 1.82) is 0 Å². The molecule has 0 aliphatic carbocycles. The van der Waals surface area contributed by atoms with Crippen molar-refractivity contribution in [3.63, 3.8) is 0 Å². The van der Waals surface area contributed by atoms with Crippen molar-refractivity contribution in [2.24, 2.45) is 0 Å². The summed E-state index contributed by atoms with van der Waals surface area (Å²) in [7, 11) is 0. The first-order valence-electron chi connectivity index (χ1n) is 9.91. The molecule has 0 bridgehead atoms. The lowest BCUT2D eigenvalue weighted by molar-refractivity contribution is -0.114. The van der Waals surface area contributed by atoms with Crippen LogP contribution in [0.3, 0.4) is 0 Å². The summed E-state index contributed by atoms with van der Waals surface area (Å²) < 4.78 is 5.82. The zero-order chi connectivity index (χ0) is 19.5. The van der Waals surface area contributed by atoms with Gasteiger partial charge in [0.15, 0.2) is 0 Å². The van der Waals surface area contributed by atoms with Crippen LogP contribution in [0, 0.1) is 13.8 Å². The van der Waals surface area contributed by atoms with Crippen molar-refractivity contribution in [3.05, 3.63) is 53.6 Å². The van der Waals surface area contributed by atoms with Gasteiger partial charge in [0.25, 0.3) is 0 Å². The molecule has 0 radical (unpaired) electrons. The highest BCUT2D eigenvalue weighted by molar-refractivity contribution is 5.93. The normalized spacial score (nSPS) is 10.5. The maximum Gasteiger partial charge on any atom is 0.243 e. The summed E-state index contributed by atoms with van der Waals surface area (Å²) in [6.07, 6.45) is 6.12. The van der Waals surface area contributed by atoms with E-state index in [1.807, 2.05) is 50.2 Å². The summed E-state index contributed by atoms with van der Waals surface area (Å²) in [5.41, 5.74) is 3.99. The Labute approximate surface area is 163 Å². The lowest BCUT2D eigenvalue weighted by Crippen LogP contribution is -2.21. The molecule has 1 amide bonds. The van der Waals surface area contributed by atoms with Gasteiger partial charge in [0.05, 0.1) is 13.2 Å². The van der Waals surface area contributed by atoms with Crippen LogP contribution in [0.4, 0.5) is 11.4 Å². The van der Waals surface area contributed by atoms with Crippen molar-refractivity contribution in [1.82, 2.24) is 0 Å². The summed E-state index contributed by atoms with van der Waals surface area (Å²) in [6.45, 7) is 7.22. The molecule has 2 rings (SSSR count). The first-order chi connectivity index (χ1) is 13.1. The number of carbonyl (C=O) groups is 1. The van der Waals surface area contributed by atoms with Crippen LogP contribution < -0.4 is 15.4 Å². The number of nitrogens with one attached hydrogen (secondary N) is 2. The van der Waals surface area contributed by atoms with E-state index in [0.717, 1.165) is 41.3 Å². The standard InChI is InChI=1S/C23H32N2O2/c1-4-5-6-7-8-12-27-22-11-9-10-20(16-22)24-17-23(26)25-21-14-18(2)13-19(3)15-21/h9-11,13-16,24H,4-8,12,17H2,1-3H3,(H,25,26). The van der Waals surface area contributed by atoms with Crippen LogP contribution in [0.5, 0.6) is 5.75 Å². The number of hydrogen-bond acceptors (Lipinski definition) is 3. The van der Waals surface area contributed by atoms with E-state index in [0.29, 0.717) is 0 Å². The summed E-state index contributed by atoms with van der Waals surface area (Å²) in [5, 5.41) is 6.09. The molecule has 0 saturated heterocycles. The summed E-state index contributed by atoms with van der Waals surface area (Å²) in [5.74, 6) is 0.771. The van der Waals surface area contributed by atoms with E-state index in [4.69, 9.17) is 4.74 Å². The highest BCUT2D eigenvalue weighted by atomic mass is 16.5. The highest BCUT2D eigenvalue weighted by Gasteiger charge is 2.04. The van der Waals surface area contributed by atoms with Crippen LogP contribution in [-0.2, 0) is 4.79 Å². The van der Waals surface area contributed by atoms with Crippen LogP contribution in [0.15, 0.2) is 42.5 Å². The topological polar surface area (TPSA) is 50.4 Å². The first kappa shape index (κ1) is 20.8. The number of aryl methyl sites for hydroxylation is 2. The monoisotopic (exact) mass is 368 g/mol. The molecule has 146 valence electrons. The number of anilines is 2. The summed E-state index contributed by atoms with van der Waals surface area (Å²) >= 11 is 0. The molecule has 0 aliphatic heterocycles. The Balaban J connectivity index is 1.75. The fraction of sp³-hybridized carbons (Fsp3) is 0.435. The predicted octanol–water partition coefficient (Wildman–Crippen LogP) is 5.70. The Kier molecular flexibility index (Phi) is 8.69. The molecule has 0 heterocycles. The predicted molar refractivity (Wildman–Crippen MR) is 114 cm³/mol. The van der Waals surface area contributed by atoms with E-state index in [2.05, 4.69) is 23.6 Å². The van der Waals surface area contributed by atoms with E-state index in [1.54, 1.807) is 0 Å². The van der Waals surface area contributed by atoms with Gasteiger partial charge in [0, 0.05) is 17.4 Å². The average molecular weight is 369 g/mol. The molecule has 4 nitrogen and oxygen atoms in total. The quantitative estimate of drug-likeness (QED) is 0.500. The fourth-order valence-corrected chi connectivity index (χ4v) is 3.03. The van der Waals surface area contributed by atoms with Gasteiger partial charge >= 0.3 is 0 Å². The number of hydrogen-bond donors (Lipinski definition) is 2. The average Bonchev–Trinajstić information content (AvgIpc) is 2.62. The molecule has 0 fully saturated rings. The van der Waals surface area contributed by atoms with Gasteiger partial charge in [-0.2, -0.15) is 0 Å². The third kappa shape index (κ3) is 8.16. The van der Waals surface area contributed by atoms with Crippen molar-refractivity contribution >= 4 is 17.3 Å². The van der Waals surface area contributed by atoms with Gasteiger partial charge in [-0.05, 0) is 55.7 Å². The number of rotatable bonds is 11. The summed E-state index contributed by atoms with van der Waals surface area (Å²) in [6, 6.07) is 13.8. The maximum absolute atomic E-state index is 12.2. The molecule has 0 aliphatic rings. The summed E-state index contributed by atoms with van der Waals surface area (Å²) in [4.78, 5) is 12.2. The van der Waals surface area contributed by atoms with Crippen LogP contribution in [0.1, 0.15) is 50.2 Å². The lowest BCUT2D eigenvalue weighted by atomic mass is 10.1. The van der Waals surface area contributed by atoms with Crippen molar-refractivity contribution in [3.8, 4) is 5.75 Å². The van der Waals surface area contributed by atoms with Crippen LogP contribution in [0.25, 0.3) is 0 Å². The third-order valence-electron chi connectivity index (χ3n) is 4.31. The smallest absolute Gasteiger partial charge is 0.243 e. The Morgan fingerprint density at radius 2 is 1.67 bits per heavy atom. The molecule has 2 N–H and O–H groups in total. The van der Waals surface area contributed by atoms with Gasteiger partial charge in [-0.15, -0.1) is 0 Å². The van der Waals surface area contributed by atoms with E-state index in [-0.39, 0.29) is 12.5 Å². The molecule has 0 saturated carbocycles. The Morgan fingerprint density at radius 1 is 0.926 bits per heavy atom. The minimum Gasteiger partial charge on any atom is -0.494 e. The molecule has 0 atom stereocenters. The number of benzene rings is 2. The van der Waals surface area contributed by atoms with E-state index < -0.39 is 0 Å². The zero-order valence-corrected chi connectivity index (χ0v) is 16.8. The highest BCUT2D eigenvalue weighted by Crippen LogP contribution is 2.18. The molecule has 4 heteroatoms. The minimum absolute atomic E-state index is 0.0674. The molecule has 2 aromatic rings. The molecule has 0 aromatic heterocycles. The number of amides is 1. The molecular formula is C23H32N2O2. The second-order valence-electron chi connectivity index (χ2n) is 7.07. The third-order valence-corrected chi connectivity index (χ3v) is 4.31. The van der Waals surface area contributed by atoms with Crippen LogP contribution in [0.2, 0.25) is 0 Å². The van der Waals surface area contributed by atoms with Gasteiger partial charge in [-0.3, -0.25) is 4.79 Å². The van der Waals surface area contributed by atoms with E-state index >= 15 is 0 Å². The van der Waals surface area contributed by atoms with Gasteiger partial charge in [-0.25, -0.2) is 0 Å². The van der Waals surface area contributed by atoms with E-state index in [9.17, 15) is 4.79 Å². The van der Waals surface area contributed by atoms with Gasteiger partial charge in [0.1, 0.15) is 5.75 Å². The van der Waals surface area contributed by atoms with Crippen molar-refractivity contribution in [2.45, 2.75) is 52.9 Å². The fourth-order valence-electron chi connectivity index (χ4n) is 3.03. The van der Waals surface area contributed by atoms with Crippen molar-refractivity contribution < 1.29 is 9.53 Å². The SMILES string of the molecule is CCCCCCCOc1cccc(NCC(=O)Nc2cc(C)cc(C)c2)c1. The largest absolute Gasteiger partial charge is 0.494 e. The first-order valence-corrected chi connectivity index (χ1v) is 9.91. The lowest BCUT2D eigenvalue weighted by Gasteiger charge is -2.11. The van der Waals surface area contributed by atoms with Gasteiger partial charge in [0.2, 0.25) is 5.91 Å². The number of unbranched alkanes of at least 4 members (excludes halogenated alkanes) is 4. The second kappa shape index (κ2) is 11.3. The molecular weight excluding hydrogens is 336 g/mol. The molecule has 0 unspecified atom stereocenters. The molecule has 0 spiro atoms. The molecule has 2 aromatic carbocycles. The second-order valence-corrected chi connectivity index (χ2v) is 7.07. The Hall–Kier alpha value is -2.49. The zero-order valence-electron chi connectivity index (χ0n) is 16.8. The Bertz CT molecular complexity index is 708. The van der Waals surface area contributed by atoms with Gasteiger partial charge in [-0.1, -0.05) is 44.7 Å². The Morgan fingerprint density at radius 3 is 2.41 bits per heavy atom. The van der Waals surface area contributed by atoms with Crippen LogP contribution >= 0.6 is 0 Å². The van der Waals surface area contributed by atoms with Gasteiger partial charge < -0.3 is 15.4 Å². The molecule has 27 heavy (non-hydrogen) atoms. The van der Waals surface area contributed by atoms with Crippen LogP contribution in [-0.4, -0.2) is 19.1 Å². The number of carbonyl (C=O) groups excluding carboxylic acids is 1. The van der Waals surface area contributed by atoms with Crippen molar-refractivity contribution in [2.75, 3.05) is 23.8 Å². The number of ether oxygens (including phenoxy) is 1. The minimum atomic E-state index is -0.0674. The maximum atomic E-state index is 12.2. The van der Waals surface area contributed by atoms with E-state index in [1.165, 1.54) is 25.7 Å².